The van der Waals surface area contributed by atoms with Crippen molar-refractivity contribution in [2.24, 2.45) is 0 Å². The van der Waals surface area contributed by atoms with Gasteiger partial charge in [-0.25, -0.2) is 0 Å². The van der Waals surface area contributed by atoms with Gasteiger partial charge in [-0.05, 0) is 47.7 Å². The summed E-state index contributed by atoms with van der Waals surface area (Å²) in [6.45, 7) is 9.14. The van der Waals surface area contributed by atoms with E-state index in [1.807, 2.05) is 17.8 Å². The first-order valence-electron chi connectivity index (χ1n) is 8.70. The molecule has 2 aromatic rings. The summed E-state index contributed by atoms with van der Waals surface area (Å²) in [7, 11) is 0. The molecule has 0 saturated heterocycles. The van der Waals surface area contributed by atoms with Crippen molar-refractivity contribution in [3.05, 3.63) is 58.1 Å². The smallest absolute Gasteiger partial charge is 0.269 e. The minimum Gasteiger partial charge on any atom is -0.294 e. The molecular weight excluding hydrogens is 378 g/mol. The summed E-state index contributed by atoms with van der Waals surface area (Å²) in [5.74, 6) is 0. The van der Waals surface area contributed by atoms with E-state index in [2.05, 4.69) is 45.3 Å². The van der Waals surface area contributed by atoms with Gasteiger partial charge in [0.25, 0.3) is 5.69 Å². The molecule has 0 fully saturated rings. The van der Waals surface area contributed by atoms with Gasteiger partial charge in [-0.2, -0.15) is 0 Å². The summed E-state index contributed by atoms with van der Waals surface area (Å²) in [4.78, 5) is 11.7. The van der Waals surface area contributed by atoms with Crippen LogP contribution in [-0.4, -0.2) is 15.2 Å². The number of nitrogens with one attached hydrogen (secondary N) is 1. The molecule has 0 unspecified atom stereocenters. The number of anilines is 2. The summed E-state index contributed by atoms with van der Waals surface area (Å²) in [6.07, 6.45) is 1.09. The Hall–Kier alpha value is -2.12. The van der Waals surface area contributed by atoms with E-state index in [1.165, 1.54) is 28.1 Å². The first-order valence-corrected chi connectivity index (χ1v) is 9.99. The topological polar surface area (TPSA) is 58.4 Å². The molecule has 0 atom stereocenters. The lowest BCUT2D eigenvalue weighted by Gasteiger charge is -2.42. The predicted molar refractivity (Wildman–Crippen MR) is 117 cm³/mol. The van der Waals surface area contributed by atoms with Crippen LogP contribution >= 0.6 is 24.0 Å². The fourth-order valence-corrected chi connectivity index (χ4v) is 5.51. The van der Waals surface area contributed by atoms with Crippen LogP contribution in [-0.2, 0) is 5.41 Å². The molecule has 2 aromatic carbocycles. The molecule has 1 N–H and O–H groups in total. The molecule has 0 aromatic heterocycles. The molecule has 0 aliphatic carbocycles. The van der Waals surface area contributed by atoms with Crippen molar-refractivity contribution in [2.45, 2.75) is 49.2 Å². The number of rotatable bonds is 5. The number of hydrogen-bond donors (Lipinski definition) is 1. The molecule has 0 bridgehead atoms. The maximum absolute atomic E-state index is 10.8. The molecule has 7 heteroatoms. The van der Waals surface area contributed by atoms with Crippen LogP contribution in [0.2, 0.25) is 0 Å². The Morgan fingerprint density at radius 3 is 2.44 bits per heavy atom. The summed E-state index contributed by atoms with van der Waals surface area (Å²) in [5.41, 5.74) is 7.86. The first-order chi connectivity index (χ1) is 12.6. The van der Waals surface area contributed by atoms with Gasteiger partial charge in [0.1, 0.15) is 0 Å². The number of nitro groups is 1. The molecule has 1 aliphatic rings. The Balaban J connectivity index is 1.88. The summed E-state index contributed by atoms with van der Waals surface area (Å²) >= 11 is 7.11. The highest BCUT2D eigenvalue weighted by atomic mass is 32.2. The molecular formula is C20H23N3O2S2. The van der Waals surface area contributed by atoms with Crippen LogP contribution in [0.5, 0.6) is 0 Å². The van der Waals surface area contributed by atoms with Gasteiger partial charge in [0.15, 0.2) is 0 Å². The standard InChI is InChI=1S/C20H23N3O2S2/c1-19(2)12-20(3,4)27-18-10-9-16(11-17(18)19)22(13-26)21-14-5-7-15(8-6-14)23(24)25/h5-11,13,21H,12H2,1-4H3. The van der Waals surface area contributed by atoms with Crippen LogP contribution < -0.4 is 10.4 Å². The van der Waals surface area contributed by atoms with Gasteiger partial charge in [0.2, 0.25) is 0 Å². The second-order valence-corrected chi connectivity index (χ2v) is 9.95. The minimum atomic E-state index is -0.411. The van der Waals surface area contributed by atoms with Crippen molar-refractivity contribution >= 4 is 46.5 Å². The number of thioether (sulfide) groups is 1. The molecule has 142 valence electrons. The van der Waals surface area contributed by atoms with E-state index >= 15 is 0 Å². The monoisotopic (exact) mass is 401 g/mol. The first kappa shape index (κ1) is 19.6. The van der Waals surface area contributed by atoms with E-state index in [0.29, 0.717) is 0 Å². The van der Waals surface area contributed by atoms with Gasteiger partial charge in [0.05, 0.1) is 21.8 Å². The van der Waals surface area contributed by atoms with Crippen LogP contribution in [0.1, 0.15) is 39.7 Å². The van der Waals surface area contributed by atoms with Crippen molar-refractivity contribution < 1.29 is 4.92 Å². The number of nitro benzene ring substituents is 1. The third-order valence-corrected chi connectivity index (χ3v) is 6.14. The van der Waals surface area contributed by atoms with Gasteiger partial charge in [-0.15, -0.1) is 11.8 Å². The van der Waals surface area contributed by atoms with E-state index in [0.717, 1.165) is 17.8 Å². The number of nitrogens with zero attached hydrogens (tertiary/aromatic N) is 2. The van der Waals surface area contributed by atoms with Gasteiger partial charge in [-0.1, -0.05) is 39.9 Å². The van der Waals surface area contributed by atoms with E-state index < -0.39 is 4.92 Å². The van der Waals surface area contributed by atoms with Gasteiger partial charge < -0.3 is 0 Å². The van der Waals surface area contributed by atoms with Crippen molar-refractivity contribution in [1.29, 1.82) is 0 Å². The van der Waals surface area contributed by atoms with Crippen LogP contribution in [0, 0.1) is 10.1 Å². The SMILES string of the molecule is CC1(C)CC(C)(C)c2cc(N(C=S)Nc3ccc([N+](=O)[O-])cc3)ccc2S1. The molecule has 0 spiro atoms. The maximum Gasteiger partial charge on any atom is 0.269 e. The number of hydrazine groups is 1. The highest BCUT2D eigenvalue weighted by Crippen LogP contribution is 2.51. The second-order valence-electron chi connectivity index (χ2n) is 7.99. The third-order valence-electron chi connectivity index (χ3n) is 4.66. The average Bonchev–Trinajstić information content (AvgIpc) is 2.58. The average molecular weight is 402 g/mol. The Kier molecular flexibility index (Phi) is 5.18. The lowest BCUT2D eigenvalue weighted by Crippen LogP contribution is -2.34. The molecule has 27 heavy (non-hydrogen) atoms. The van der Waals surface area contributed by atoms with Crippen molar-refractivity contribution in [3.8, 4) is 0 Å². The van der Waals surface area contributed by atoms with Crippen molar-refractivity contribution in [1.82, 2.24) is 0 Å². The van der Waals surface area contributed by atoms with Crippen molar-refractivity contribution in [3.63, 3.8) is 0 Å². The summed E-state index contributed by atoms with van der Waals surface area (Å²) in [5, 5.41) is 12.6. The van der Waals surface area contributed by atoms with E-state index in [1.54, 1.807) is 17.1 Å². The molecule has 0 saturated carbocycles. The summed E-state index contributed by atoms with van der Waals surface area (Å²) < 4.78 is 0.207. The number of hydrogen-bond acceptors (Lipinski definition) is 5. The van der Waals surface area contributed by atoms with Gasteiger partial charge in [-0.3, -0.25) is 20.5 Å². The fraction of sp³-hybridized carbons (Fsp3) is 0.350. The third kappa shape index (κ3) is 4.25. The minimum absolute atomic E-state index is 0.0598. The molecule has 1 aliphatic heterocycles. The van der Waals surface area contributed by atoms with Crippen molar-refractivity contribution in [2.75, 3.05) is 10.4 Å². The Labute approximate surface area is 169 Å². The highest BCUT2D eigenvalue weighted by Gasteiger charge is 2.38. The van der Waals surface area contributed by atoms with Crippen LogP contribution in [0.4, 0.5) is 17.1 Å². The summed E-state index contributed by atoms with van der Waals surface area (Å²) in [6, 6.07) is 12.7. The zero-order valence-corrected chi connectivity index (χ0v) is 17.5. The number of thiocarbonyl (C=S) groups is 1. The molecule has 5 nitrogen and oxygen atoms in total. The normalized spacial score (nSPS) is 16.9. The Bertz CT molecular complexity index is 879. The Morgan fingerprint density at radius 1 is 1.19 bits per heavy atom. The molecule has 1 heterocycles. The van der Waals surface area contributed by atoms with Crippen LogP contribution in [0.15, 0.2) is 47.4 Å². The second kappa shape index (κ2) is 7.13. The highest BCUT2D eigenvalue weighted by molar-refractivity contribution is 8.00. The van der Waals surface area contributed by atoms with E-state index in [-0.39, 0.29) is 15.8 Å². The molecule has 0 radical (unpaired) electrons. The number of benzene rings is 2. The zero-order chi connectivity index (χ0) is 19.8. The Morgan fingerprint density at radius 2 is 1.85 bits per heavy atom. The zero-order valence-electron chi connectivity index (χ0n) is 15.9. The van der Waals surface area contributed by atoms with Gasteiger partial charge >= 0.3 is 0 Å². The van der Waals surface area contributed by atoms with Gasteiger partial charge in [0, 0.05) is 21.8 Å². The maximum atomic E-state index is 10.8. The molecule has 0 amide bonds. The fourth-order valence-electron chi connectivity index (χ4n) is 3.73. The quantitative estimate of drug-likeness (QED) is 0.380. The van der Waals surface area contributed by atoms with Crippen LogP contribution in [0.3, 0.4) is 0 Å². The predicted octanol–water partition coefficient (Wildman–Crippen LogP) is 5.94. The van der Waals surface area contributed by atoms with E-state index in [4.69, 9.17) is 12.2 Å². The van der Waals surface area contributed by atoms with Crippen LogP contribution in [0.25, 0.3) is 0 Å². The largest absolute Gasteiger partial charge is 0.294 e. The van der Waals surface area contributed by atoms with E-state index in [9.17, 15) is 10.1 Å². The number of fused-ring (bicyclic) bond motifs is 1. The molecule has 3 rings (SSSR count). The lowest BCUT2D eigenvalue weighted by atomic mass is 9.77. The number of non-ortho nitro benzene ring substituents is 1. The lowest BCUT2D eigenvalue weighted by molar-refractivity contribution is -0.384.